The van der Waals surface area contributed by atoms with Crippen molar-refractivity contribution in [2.75, 3.05) is 31.6 Å². The van der Waals surface area contributed by atoms with Crippen LogP contribution in [0.1, 0.15) is 33.6 Å². The Morgan fingerprint density at radius 1 is 1.20 bits per heavy atom. The van der Waals surface area contributed by atoms with Crippen molar-refractivity contribution in [3.63, 3.8) is 0 Å². The van der Waals surface area contributed by atoms with E-state index in [0.717, 1.165) is 6.42 Å². The lowest BCUT2D eigenvalue weighted by Gasteiger charge is -2.12. The molecule has 1 aromatic carbocycles. The Morgan fingerprint density at radius 2 is 1.88 bits per heavy atom. The van der Waals surface area contributed by atoms with Crippen molar-refractivity contribution in [2.24, 2.45) is 0 Å². The highest BCUT2D eigenvalue weighted by Gasteiger charge is 2.16. The van der Waals surface area contributed by atoms with Crippen molar-refractivity contribution >= 4 is 21.6 Å². The standard InChI is InChI=1S/C17H29N3O4S/c1-4-14(3)20-25(22,23)16-9-7-15(8-10-16)19-17(21)13-18-11-6-12-24-5-2/h7-10,14,18,20H,4-6,11-13H2,1-3H3,(H,19,21)/t14-/m0/s1. The molecule has 0 aliphatic carbocycles. The Bertz CT molecular complexity index is 617. The Labute approximate surface area is 150 Å². The molecule has 0 aliphatic heterocycles. The second-order valence-electron chi connectivity index (χ2n) is 5.73. The Balaban J connectivity index is 2.44. The second kappa shape index (κ2) is 11.2. The van der Waals surface area contributed by atoms with Gasteiger partial charge in [0.05, 0.1) is 11.4 Å². The third-order valence-corrected chi connectivity index (χ3v) is 5.15. The zero-order valence-electron chi connectivity index (χ0n) is 15.2. The number of nitrogens with one attached hydrogen (secondary N) is 3. The van der Waals surface area contributed by atoms with Gasteiger partial charge in [0.1, 0.15) is 0 Å². The molecule has 0 radical (unpaired) electrons. The van der Waals surface area contributed by atoms with Gasteiger partial charge >= 0.3 is 0 Å². The quantitative estimate of drug-likeness (QED) is 0.486. The molecule has 0 fully saturated rings. The van der Waals surface area contributed by atoms with Crippen LogP contribution >= 0.6 is 0 Å². The van der Waals surface area contributed by atoms with E-state index in [2.05, 4.69) is 15.4 Å². The van der Waals surface area contributed by atoms with Gasteiger partial charge in [-0.15, -0.1) is 0 Å². The number of hydrogen-bond acceptors (Lipinski definition) is 5. The van der Waals surface area contributed by atoms with E-state index in [-0.39, 0.29) is 23.4 Å². The van der Waals surface area contributed by atoms with Gasteiger partial charge < -0.3 is 15.4 Å². The van der Waals surface area contributed by atoms with Gasteiger partial charge in [-0.3, -0.25) is 4.79 Å². The van der Waals surface area contributed by atoms with Crippen LogP contribution in [-0.2, 0) is 19.6 Å². The maximum absolute atomic E-state index is 12.2. The van der Waals surface area contributed by atoms with Crippen LogP contribution in [0.4, 0.5) is 5.69 Å². The summed E-state index contributed by atoms with van der Waals surface area (Å²) in [7, 11) is -3.53. The van der Waals surface area contributed by atoms with Crippen LogP contribution in [0, 0.1) is 0 Å². The SMILES string of the molecule is CCOCCCNCC(=O)Nc1ccc(S(=O)(=O)N[C@@H](C)CC)cc1. The molecule has 3 N–H and O–H groups in total. The third kappa shape index (κ3) is 8.44. The molecule has 0 saturated heterocycles. The maximum atomic E-state index is 12.2. The maximum Gasteiger partial charge on any atom is 0.240 e. The Kier molecular flexibility index (Phi) is 9.66. The van der Waals surface area contributed by atoms with Crippen molar-refractivity contribution in [3.8, 4) is 0 Å². The molecule has 0 aliphatic rings. The molecule has 0 aromatic heterocycles. The number of rotatable bonds is 12. The van der Waals surface area contributed by atoms with E-state index >= 15 is 0 Å². The van der Waals surface area contributed by atoms with Gasteiger partial charge in [-0.2, -0.15) is 0 Å². The van der Waals surface area contributed by atoms with Crippen LogP contribution in [0.2, 0.25) is 0 Å². The summed E-state index contributed by atoms with van der Waals surface area (Å²) in [5, 5.41) is 5.76. The average molecular weight is 372 g/mol. The minimum Gasteiger partial charge on any atom is -0.382 e. The van der Waals surface area contributed by atoms with E-state index in [4.69, 9.17) is 4.74 Å². The van der Waals surface area contributed by atoms with Crippen molar-refractivity contribution in [1.29, 1.82) is 0 Å². The van der Waals surface area contributed by atoms with E-state index in [1.54, 1.807) is 12.1 Å². The highest BCUT2D eigenvalue weighted by molar-refractivity contribution is 7.89. The highest BCUT2D eigenvalue weighted by Crippen LogP contribution is 2.14. The first-order chi connectivity index (χ1) is 11.9. The number of sulfonamides is 1. The molecule has 0 spiro atoms. The lowest BCUT2D eigenvalue weighted by Crippen LogP contribution is -2.32. The molecule has 8 heteroatoms. The van der Waals surface area contributed by atoms with Gasteiger partial charge in [0.25, 0.3) is 0 Å². The minimum absolute atomic E-state index is 0.127. The number of carbonyl (C=O) groups excluding carboxylic acids is 1. The van der Waals surface area contributed by atoms with Crippen molar-refractivity contribution < 1.29 is 17.9 Å². The smallest absolute Gasteiger partial charge is 0.240 e. The number of benzene rings is 1. The van der Waals surface area contributed by atoms with Crippen LogP contribution in [0.3, 0.4) is 0 Å². The van der Waals surface area contributed by atoms with Gasteiger partial charge in [-0.25, -0.2) is 13.1 Å². The number of anilines is 1. The molecule has 7 nitrogen and oxygen atoms in total. The number of amides is 1. The van der Waals surface area contributed by atoms with Gasteiger partial charge in [0.15, 0.2) is 0 Å². The fraction of sp³-hybridized carbons (Fsp3) is 0.588. The van der Waals surface area contributed by atoms with E-state index < -0.39 is 10.0 Å². The fourth-order valence-electron chi connectivity index (χ4n) is 1.98. The molecule has 1 rings (SSSR count). The molecule has 1 aromatic rings. The predicted molar refractivity (Wildman–Crippen MR) is 99.1 cm³/mol. The molecule has 0 bridgehead atoms. The predicted octanol–water partition coefficient (Wildman–Crippen LogP) is 1.72. The lowest BCUT2D eigenvalue weighted by molar-refractivity contribution is -0.115. The van der Waals surface area contributed by atoms with Gasteiger partial charge in [0, 0.05) is 24.9 Å². The summed E-state index contributed by atoms with van der Waals surface area (Å²) >= 11 is 0. The third-order valence-electron chi connectivity index (χ3n) is 3.55. The number of hydrogen-bond donors (Lipinski definition) is 3. The molecule has 25 heavy (non-hydrogen) atoms. The van der Waals surface area contributed by atoms with Gasteiger partial charge in [-0.1, -0.05) is 6.92 Å². The van der Waals surface area contributed by atoms with E-state index in [1.165, 1.54) is 12.1 Å². The lowest BCUT2D eigenvalue weighted by atomic mass is 10.3. The van der Waals surface area contributed by atoms with Crippen LogP contribution < -0.4 is 15.4 Å². The molecular formula is C17H29N3O4S. The topological polar surface area (TPSA) is 96.5 Å². The Hall–Kier alpha value is -1.48. The number of ether oxygens (including phenoxy) is 1. The Morgan fingerprint density at radius 3 is 2.48 bits per heavy atom. The summed E-state index contributed by atoms with van der Waals surface area (Å²) in [4.78, 5) is 12.0. The molecule has 142 valence electrons. The number of carbonyl (C=O) groups is 1. The first kappa shape index (κ1) is 21.6. The first-order valence-corrected chi connectivity index (χ1v) is 10.1. The highest BCUT2D eigenvalue weighted by atomic mass is 32.2. The van der Waals surface area contributed by atoms with Gasteiger partial charge in [0.2, 0.25) is 15.9 Å². The zero-order chi connectivity index (χ0) is 18.7. The summed E-state index contributed by atoms with van der Waals surface area (Å²) in [6, 6.07) is 6.00. The largest absolute Gasteiger partial charge is 0.382 e. The monoisotopic (exact) mass is 371 g/mol. The average Bonchev–Trinajstić information content (AvgIpc) is 2.58. The summed E-state index contributed by atoms with van der Waals surface area (Å²) in [5.41, 5.74) is 0.559. The van der Waals surface area contributed by atoms with E-state index in [0.29, 0.717) is 31.9 Å². The fourth-order valence-corrected chi connectivity index (χ4v) is 3.31. The van der Waals surface area contributed by atoms with Crippen LogP contribution in [0.15, 0.2) is 29.2 Å². The molecule has 1 amide bonds. The molecule has 0 heterocycles. The van der Waals surface area contributed by atoms with Crippen molar-refractivity contribution in [2.45, 2.75) is 44.6 Å². The molecule has 0 saturated carbocycles. The van der Waals surface area contributed by atoms with Gasteiger partial charge in [-0.05, 0) is 57.5 Å². The normalized spacial score (nSPS) is 12.8. The van der Waals surface area contributed by atoms with Crippen LogP contribution in [0.5, 0.6) is 0 Å². The summed E-state index contributed by atoms with van der Waals surface area (Å²) < 4.78 is 32.1. The first-order valence-electron chi connectivity index (χ1n) is 8.59. The zero-order valence-corrected chi connectivity index (χ0v) is 16.0. The summed E-state index contributed by atoms with van der Waals surface area (Å²) in [6.07, 6.45) is 1.56. The second-order valence-corrected chi connectivity index (χ2v) is 7.44. The molecular weight excluding hydrogens is 342 g/mol. The molecule has 1 atom stereocenters. The van der Waals surface area contributed by atoms with E-state index in [1.807, 2.05) is 20.8 Å². The van der Waals surface area contributed by atoms with Crippen molar-refractivity contribution in [3.05, 3.63) is 24.3 Å². The van der Waals surface area contributed by atoms with E-state index in [9.17, 15) is 13.2 Å². The summed E-state index contributed by atoms with van der Waals surface area (Å²) in [5.74, 6) is -0.176. The summed E-state index contributed by atoms with van der Waals surface area (Å²) in [6.45, 7) is 7.93. The minimum atomic E-state index is -3.53. The van der Waals surface area contributed by atoms with Crippen molar-refractivity contribution in [1.82, 2.24) is 10.0 Å². The van der Waals surface area contributed by atoms with Crippen LogP contribution in [-0.4, -0.2) is 46.7 Å². The molecule has 0 unspecified atom stereocenters. The van der Waals surface area contributed by atoms with Crippen LogP contribution in [0.25, 0.3) is 0 Å².